The summed E-state index contributed by atoms with van der Waals surface area (Å²) in [4.78, 5) is 26.1. The Bertz CT molecular complexity index is 1090. The van der Waals surface area contributed by atoms with Crippen molar-refractivity contribution in [2.24, 2.45) is 0 Å². The molecule has 0 atom stereocenters. The average Bonchev–Trinajstić information content (AvgIpc) is 3.38. The minimum absolute atomic E-state index is 0.176. The van der Waals surface area contributed by atoms with Crippen LogP contribution in [0.3, 0.4) is 0 Å². The van der Waals surface area contributed by atoms with Gasteiger partial charge in [0.15, 0.2) is 5.69 Å². The fraction of sp³-hybridized carbons (Fsp3) is 0.167. The highest BCUT2D eigenvalue weighted by Crippen LogP contribution is 2.20. The summed E-state index contributed by atoms with van der Waals surface area (Å²) in [5.41, 5.74) is 2.30. The molecule has 0 aliphatic rings. The van der Waals surface area contributed by atoms with E-state index in [1.807, 2.05) is 18.2 Å². The van der Waals surface area contributed by atoms with Gasteiger partial charge in [-0.2, -0.15) is 4.98 Å². The van der Waals surface area contributed by atoms with Crippen LogP contribution in [0.25, 0.3) is 23.0 Å². The van der Waals surface area contributed by atoms with E-state index < -0.39 is 0 Å². The molecule has 10 heteroatoms. The molecule has 1 amide bonds. The van der Waals surface area contributed by atoms with Crippen LogP contribution in [0.2, 0.25) is 0 Å². The molecule has 0 aliphatic heterocycles. The Balaban J connectivity index is 1.51. The highest BCUT2D eigenvalue weighted by molar-refractivity contribution is 5.92. The lowest BCUT2D eigenvalue weighted by Gasteiger charge is -2.08. The number of hydrogen-bond donors (Lipinski definition) is 0. The lowest BCUT2D eigenvalue weighted by Crippen LogP contribution is -2.22. The zero-order valence-corrected chi connectivity index (χ0v) is 15.2. The molecule has 0 saturated heterocycles. The predicted octanol–water partition coefficient (Wildman–Crippen LogP) is 1.54. The first-order valence-electron chi connectivity index (χ1n) is 8.42. The number of nitrogens with zero attached hydrogens (tertiary/aromatic N) is 8. The Morgan fingerprint density at radius 2 is 2.07 bits per heavy atom. The van der Waals surface area contributed by atoms with Crippen molar-refractivity contribution in [3.63, 3.8) is 0 Å². The van der Waals surface area contributed by atoms with Gasteiger partial charge in [0.2, 0.25) is 5.82 Å². The Morgan fingerprint density at radius 1 is 1.18 bits per heavy atom. The highest BCUT2D eigenvalue weighted by Gasteiger charge is 2.16. The normalized spacial score (nSPS) is 10.8. The molecular formula is C18H16N8O2. The van der Waals surface area contributed by atoms with Crippen molar-refractivity contribution >= 4 is 5.91 Å². The number of carbonyl (C=O) groups is 1. The SMILES string of the molecule is CN(C)C(=O)c1ccc(-c2noc(-c3cn(Cc4ccccn4)nn3)n2)cn1. The van der Waals surface area contributed by atoms with Crippen LogP contribution in [-0.2, 0) is 6.54 Å². The van der Waals surface area contributed by atoms with Gasteiger partial charge in [0, 0.05) is 32.1 Å². The molecule has 4 aromatic heterocycles. The van der Waals surface area contributed by atoms with E-state index in [9.17, 15) is 4.79 Å². The Kier molecular flexibility index (Phi) is 4.58. The number of hydrogen-bond acceptors (Lipinski definition) is 8. The molecular weight excluding hydrogens is 360 g/mol. The summed E-state index contributed by atoms with van der Waals surface area (Å²) in [6, 6.07) is 9.01. The average molecular weight is 376 g/mol. The van der Waals surface area contributed by atoms with Gasteiger partial charge in [0.1, 0.15) is 5.69 Å². The highest BCUT2D eigenvalue weighted by atomic mass is 16.5. The standard InChI is InChI=1S/C18H16N8O2/c1-25(2)18(27)14-7-6-12(9-20-14)16-21-17(28-23-16)15-11-26(24-22-15)10-13-5-3-4-8-19-13/h3-9,11H,10H2,1-2H3. The quantitative estimate of drug-likeness (QED) is 0.515. The van der Waals surface area contributed by atoms with Gasteiger partial charge in [-0.05, 0) is 24.3 Å². The molecule has 0 fully saturated rings. The maximum atomic E-state index is 11.9. The molecule has 0 spiro atoms. The van der Waals surface area contributed by atoms with Gasteiger partial charge in [0.05, 0.1) is 18.4 Å². The van der Waals surface area contributed by atoms with Gasteiger partial charge in [-0.25, -0.2) is 4.68 Å². The molecule has 0 unspecified atom stereocenters. The van der Waals surface area contributed by atoms with Gasteiger partial charge in [0.25, 0.3) is 11.8 Å². The molecule has 0 saturated carbocycles. The Hall–Kier alpha value is -3.95. The summed E-state index contributed by atoms with van der Waals surface area (Å²) in [7, 11) is 3.34. The minimum Gasteiger partial charge on any atom is -0.343 e. The van der Waals surface area contributed by atoms with Crippen LogP contribution in [0.1, 0.15) is 16.2 Å². The molecule has 0 aliphatic carbocycles. The van der Waals surface area contributed by atoms with Crippen LogP contribution in [0, 0.1) is 0 Å². The van der Waals surface area contributed by atoms with Crippen LogP contribution in [0.4, 0.5) is 0 Å². The molecule has 0 radical (unpaired) electrons. The number of aromatic nitrogens is 7. The molecule has 4 heterocycles. The summed E-state index contributed by atoms with van der Waals surface area (Å²) in [6.07, 6.45) is 4.97. The van der Waals surface area contributed by atoms with Gasteiger partial charge in [-0.3, -0.25) is 14.8 Å². The second-order valence-electron chi connectivity index (χ2n) is 6.18. The van der Waals surface area contributed by atoms with Crippen LogP contribution in [0.5, 0.6) is 0 Å². The monoisotopic (exact) mass is 376 g/mol. The maximum Gasteiger partial charge on any atom is 0.280 e. The van der Waals surface area contributed by atoms with Gasteiger partial charge in [-0.15, -0.1) is 5.10 Å². The van der Waals surface area contributed by atoms with Crippen molar-refractivity contribution in [2.45, 2.75) is 6.54 Å². The van der Waals surface area contributed by atoms with Crippen molar-refractivity contribution in [1.29, 1.82) is 0 Å². The van der Waals surface area contributed by atoms with E-state index in [0.717, 1.165) is 5.69 Å². The van der Waals surface area contributed by atoms with Gasteiger partial charge < -0.3 is 9.42 Å². The molecule has 4 rings (SSSR count). The second-order valence-corrected chi connectivity index (χ2v) is 6.18. The molecule has 0 N–H and O–H groups in total. The van der Waals surface area contributed by atoms with Gasteiger partial charge >= 0.3 is 0 Å². The summed E-state index contributed by atoms with van der Waals surface area (Å²) < 4.78 is 6.93. The van der Waals surface area contributed by atoms with Crippen LogP contribution < -0.4 is 0 Å². The van der Waals surface area contributed by atoms with Crippen molar-refractivity contribution < 1.29 is 9.32 Å². The first kappa shape index (κ1) is 17.5. The summed E-state index contributed by atoms with van der Waals surface area (Å²) in [5.74, 6) is 0.422. The Labute approximate surface area is 159 Å². The van der Waals surface area contributed by atoms with Crippen molar-refractivity contribution in [2.75, 3.05) is 14.1 Å². The van der Waals surface area contributed by atoms with E-state index in [1.54, 1.807) is 43.3 Å². The zero-order chi connectivity index (χ0) is 19.5. The van der Waals surface area contributed by atoms with Crippen LogP contribution in [-0.4, -0.2) is 60.0 Å². The van der Waals surface area contributed by atoms with E-state index in [1.165, 1.54) is 11.1 Å². The van der Waals surface area contributed by atoms with Crippen molar-refractivity contribution in [3.8, 4) is 23.0 Å². The number of carbonyl (C=O) groups excluding carboxylic acids is 1. The molecule has 10 nitrogen and oxygen atoms in total. The summed E-state index contributed by atoms with van der Waals surface area (Å²) in [6.45, 7) is 0.486. The third-order valence-electron chi connectivity index (χ3n) is 3.88. The predicted molar refractivity (Wildman–Crippen MR) is 97.9 cm³/mol. The Morgan fingerprint density at radius 3 is 2.79 bits per heavy atom. The third-order valence-corrected chi connectivity index (χ3v) is 3.88. The summed E-state index contributed by atoms with van der Waals surface area (Å²) in [5, 5.41) is 12.1. The second kappa shape index (κ2) is 7.35. The fourth-order valence-corrected chi connectivity index (χ4v) is 2.46. The van der Waals surface area contributed by atoms with E-state index in [2.05, 4.69) is 30.4 Å². The lowest BCUT2D eigenvalue weighted by molar-refractivity contribution is 0.0822. The van der Waals surface area contributed by atoms with Gasteiger partial charge in [-0.1, -0.05) is 16.4 Å². The van der Waals surface area contributed by atoms with Crippen molar-refractivity contribution in [3.05, 3.63) is 60.3 Å². The molecule has 0 aromatic carbocycles. The zero-order valence-electron chi connectivity index (χ0n) is 15.2. The molecule has 4 aromatic rings. The van der Waals surface area contributed by atoms with E-state index >= 15 is 0 Å². The topological polar surface area (TPSA) is 116 Å². The first-order chi connectivity index (χ1) is 13.6. The molecule has 28 heavy (non-hydrogen) atoms. The first-order valence-corrected chi connectivity index (χ1v) is 8.42. The number of pyridine rings is 2. The van der Waals surface area contributed by atoms with E-state index in [0.29, 0.717) is 29.3 Å². The molecule has 0 bridgehead atoms. The minimum atomic E-state index is -0.176. The number of amides is 1. The smallest absolute Gasteiger partial charge is 0.280 e. The van der Waals surface area contributed by atoms with Crippen molar-refractivity contribution in [1.82, 2.24) is 40.0 Å². The van der Waals surface area contributed by atoms with E-state index in [4.69, 9.17) is 4.52 Å². The summed E-state index contributed by atoms with van der Waals surface area (Å²) >= 11 is 0. The maximum absolute atomic E-state index is 11.9. The lowest BCUT2D eigenvalue weighted by atomic mass is 10.2. The molecule has 140 valence electrons. The van der Waals surface area contributed by atoms with E-state index in [-0.39, 0.29) is 11.8 Å². The largest absolute Gasteiger partial charge is 0.343 e. The third kappa shape index (κ3) is 3.61. The van der Waals surface area contributed by atoms with Crippen LogP contribution >= 0.6 is 0 Å². The van der Waals surface area contributed by atoms with Crippen LogP contribution in [0.15, 0.2) is 53.4 Å². The fourth-order valence-electron chi connectivity index (χ4n) is 2.46. The number of rotatable bonds is 5.